The predicted octanol–water partition coefficient (Wildman–Crippen LogP) is 3.61. The van der Waals surface area contributed by atoms with Gasteiger partial charge in [0.1, 0.15) is 23.4 Å². The highest BCUT2D eigenvalue weighted by molar-refractivity contribution is 5.83. The summed E-state index contributed by atoms with van der Waals surface area (Å²) in [4.78, 5) is 21.5. The molecule has 1 atom stereocenters. The van der Waals surface area contributed by atoms with Gasteiger partial charge in [-0.05, 0) is 19.1 Å². The number of nitrogens with zero attached hydrogens (tertiary/aromatic N) is 2. The highest BCUT2D eigenvalue weighted by Crippen LogP contribution is 2.24. The summed E-state index contributed by atoms with van der Waals surface area (Å²) in [6, 6.07) is 5.12. The SMILES string of the molecule is CC(Nc1cc(C(C)(C)C)nc(C(C)C)n1)C(=O)NCc1ccco1. The first-order valence-electron chi connectivity index (χ1n) is 8.63. The number of furan rings is 1. The quantitative estimate of drug-likeness (QED) is 0.837. The highest BCUT2D eigenvalue weighted by atomic mass is 16.3. The molecule has 0 bridgehead atoms. The van der Waals surface area contributed by atoms with Crippen LogP contribution in [0.3, 0.4) is 0 Å². The van der Waals surface area contributed by atoms with Crippen LogP contribution >= 0.6 is 0 Å². The van der Waals surface area contributed by atoms with Crippen LogP contribution in [0.2, 0.25) is 0 Å². The lowest BCUT2D eigenvalue weighted by Gasteiger charge is -2.22. The summed E-state index contributed by atoms with van der Waals surface area (Å²) in [5.41, 5.74) is 0.866. The minimum Gasteiger partial charge on any atom is -0.467 e. The Hall–Kier alpha value is -2.37. The van der Waals surface area contributed by atoms with Crippen molar-refractivity contribution in [1.29, 1.82) is 0 Å². The van der Waals surface area contributed by atoms with Crippen molar-refractivity contribution in [1.82, 2.24) is 15.3 Å². The number of nitrogens with one attached hydrogen (secondary N) is 2. The van der Waals surface area contributed by atoms with Gasteiger partial charge in [0, 0.05) is 17.4 Å². The van der Waals surface area contributed by atoms with Crippen molar-refractivity contribution in [3.8, 4) is 0 Å². The van der Waals surface area contributed by atoms with Gasteiger partial charge in [-0.1, -0.05) is 34.6 Å². The number of anilines is 1. The second kappa shape index (κ2) is 7.68. The largest absolute Gasteiger partial charge is 0.467 e. The van der Waals surface area contributed by atoms with Gasteiger partial charge in [-0.2, -0.15) is 0 Å². The summed E-state index contributed by atoms with van der Waals surface area (Å²) in [5.74, 6) is 2.27. The standard InChI is InChI=1S/C19H28N4O2/c1-12(2)17-22-15(19(4,5)6)10-16(23-17)21-13(3)18(24)20-11-14-8-7-9-25-14/h7-10,12-13H,11H2,1-6H3,(H,20,24)(H,21,22,23). The summed E-state index contributed by atoms with van der Waals surface area (Å²) < 4.78 is 5.22. The van der Waals surface area contributed by atoms with Gasteiger partial charge in [-0.15, -0.1) is 0 Å². The fraction of sp³-hybridized carbons (Fsp3) is 0.526. The van der Waals surface area contributed by atoms with Crippen LogP contribution in [0.5, 0.6) is 0 Å². The van der Waals surface area contributed by atoms with E-state index < -0.39 is 6.04 Å². The van der Waals surface area contributed by atoms with E-state index in [4.69, 9.17) is 4.42 Å². The van der Waals surface area contributed by atoms with Crippen LogP contribution in [0.25, 0.3) is 0 Å². The van der Waals surface area contributed by atoms with E-state index in [-0.39, 0.29) is 17.2 Å². The number of carbonyl (C=O) groups excluding carboxylic acids is 1. The molecule has 2 heterocycles. The molecule has 2 N–H and O–H groups in total. The van der Waals surface area contributed by atoms with Crippen molar-refractivity contribution in [3.63, 3.8) is 0 Å². The maximum atomic E-state index is 12.3. The lowest BCUT2D eigenvalue weighted by atomic mass is 9.91. The molecule has 0 saturated carbocycles. The summed E-state index contributed by atoms with van der Waals surface area (Å²) in [6.45, 7) is 12.6. The summed E-state index contributed by atoms with van der Waals surface area (Å²) >= 11 is 0. The molecule has 0 aliphatic heterocycles. The minimum atomic E-state index is -0.419. The molecule has 1 amide bonds. The van der Waals surface area contributed by atoms with E-state index in [1.807, 2.05) is 19.1 Å². The van der Waals surface area contributed by atoms with Crippen molar-refractivity contribution in [3.05, 3.63) is 41.7 Å². The van der Waals surface area contributed by atoms with Gasteiger partial charge < -0.3 is 15.1 Å². The van der Waals surface area contributed by atoms with E-state index in [0.717, 1.165) is 17.3 Å². The van der Waals surface area contributed by atoms with Gasteiger partial charge in [0.05, 0.1) is 18.5 Å². The maximum absolute atomic E-state index is 12.3. The molecule has 6 heteroatoms. The van der Waals surface area contributed by atoms with E-state index >= 15 is 0 Å². The van der Waals surface area contributed by atoms with E-state index in [2.05, 4.69) is 55.2 Å². The van der Waals surface area contributed by atoms with Crippen molar-refractivity contribution in [2.45, 2.75) is 65.5 Å². The molecule has 25 heavy (non-hydrogen) atoms. The first-order chi connectivity index (χ1) is 11.7. The lowest BCUT2D eigenvalue weighted by molar-refractivity contribution is -0.121. The molecular formula is C19H28N4O2. The molecule has 2 aromatic rings. The Bertz CT molecular complexity index is 703. The van der Waals surface area contributed by atoms with Crippen LogP contribution in [-0.2, 0) is 16.8 Å². The molecule has 1 unspecified atom stereocenters. The van der Waals surface area contributed by atoms with Crippen molar-refractivity contribution < 1.29 is 9.21 Å². The third-order valence-corrected chi connectivity index (χ3v) is 3.80. The van der Waals surface area contributed by atoms with Crippen LogP contribution in [0, 0.1) is 0 Å². The maximum Gasteiger partial charge on any atom is 0.242 e. The van der Waals surface area contributed by atoms with Gasteiger partial charge in [0.2, 0.25) is 5.91 Å². The zero-order valence-corrected chi connectivity index (χ0v) is 15.9. The van der Waals surface area contributed by atoms with Crippen molar-refractivity contribution in [2.24, 2.45) is 0 Å². The second-order valence-corrected chi connectivity index (χ2v) is 7.56. The monoisotopic (exact) mass is 344 g/mol. The molecule has 2 aromatic heterocycles. The zero-order valence-electron chi connectivity index (χ0n) is 15.9. The number of carbonyl (C=O) groups is 1. The molecule has 2 rings (SSSR count). The number of amides is 1. The third kappa shape index (κ3) is 5.31. The van der Waals surface area contributed by atoms with Crippen LogP contribution in [0.15, 0.2) is 28.9 Å². The first-order valence-corrected chi connectivity index (χ1v) is 8.63. The second-order valence-electron chi connectivity index (χ2n) is 7.56. The Balaban J connectivity index is 2.09. The Kier molecular flexibility index (Phi) is 5.82. The number of aromatic nitrogens is 2. The number of hydrogen-bond acceptors (Lipinski definition) is 5. The van der Waals surface area contributed by atoms with Crippen LogP contribution in [-0.4, -0.2) is 21.9 Å². The number of rotatable bonds is 6. The van der Waals surface area contributed by atoms with Gasteiger partial charge >= 0.3 is 0 Å². The average molecular weight is 344 g/mol. The van der Waals surface area contributed by atoms with Crippen molar-refractivity contribution >= 4 is 11.7 Å². The van der Waals surface area contributed by atoms with Gasteiger partial charge in [-0.25, -0.2) is 9.97 Å². The zero-order chi connectivity index (χ0) is 18.6. The van der Waals surface area contributed by atoms with E-state index in [9.17, 15) is 4.79 Å². The summed E-state index contributed by atoms with van der Waals surface area (Å²) in [6.07, 6.45) is 1.59. The minimum absolute atomic E-state index is 0.0895. The Morgan fingerprint density at radius 2 is 1.96 bits per heavy atom. The molecular weight excluding hydrogens is 316 g/mol. The smallest absolute Gasteiger partial charge is 0.242 e. The molecule has 0 aromatic carbocycles. The molecule has 136 valence electrons. The summed E-state index contributed by atoms with van der Waals surface area (Å²) in [7, 11) is 0. The normalized spacial score (nSPS) is 12.9. The Morgan fingerprint density at radius 1 is 1.24 bits per heavy atom. The van der Waals surface area contributed by atoms with Gasteiger partial charge in [0.25, 0.3) is 0 Å². The lowest BCUT2D eigenvalue weighted by Crippen LogP contribution is -2.37. The highest BCUT2D eigenvalue weighted by Gasteiger charge is 2.20. The van der Waals surface area contributed by atoms with E-state index in [0.29, 0.717) is 12.4 Å². The molecule has 0 aliphatic carbocycles. The number of hydrogen-bond donors (Lipinski definition) is 2. The Morgan fingerprint density at radius 3 is 2.52 bits per heavy atom. The molecule has 0 saturated heterocycles. The molecule has 0 fully saturated rings. The fourth-order valence-corrected chi connectivity index (χ4v) is 2.21. The molecule has 0 radical (unpaired) electrons. The first kappa shape index (κ1) is 19.0. The van der Waals surface area contributed by atoms with Gasteiger partial charge in [-0.3, -0.25) is 4.79 Å². The average Bonchev–Trinajstić information content (AvgIpc) is 3.04. The third-order valence-electron chi connectivity index (χ3n) is 3.80. The van der Waals surface area contributed by atoms with Crippen LogP contribution in [0.4, 0.5) is 5.82 Å². The fourth-order valence-electron chi connectivity index (χ4n) is 2.21. The van der Waals surface area contributed by atoms with E-state index in [1.165, 1.54) is 0 Å². The molecule has 0 spiro atoms. The summed E-state index contributed by atoms with van der Waals surface area (Å²) in [5, 5.41) is 6.03. The van der Waals surface area contributed by atoms with Crippen molar-refractivity contribution in [2.75, 3.05) is 5.32 Å². The molecule has 0 aliphatic rings. The molecule has 6 nitrogen and oxygen atoms in total. The van der Waals surface area contributed by atoms with E-state index in [1.54, 1.807) is 12.3 Å². The van der Waals surface area contributed by atoms with Crippen LogP contribution < -0.4 is 10.6 Å². The Labute approximate surface area is 149 Å². The van der Waals surface area contributed by atoms with Crippen LogP contribution in [0.1, 0.15) is 64.7 Å². The predicted molar refractivity (Wildman–Crippen MR) is 98.5 cm³/mol. The topological polar surface area (TPSA) is 80.0 Å². The van der Waals surface area contributed by atoms with Gasteiger partial charge in [0.15, 0.2) is 0 Å².